The average molecular weight is 301 g/mol. The highest BCUT2D eigenvalue weighted by atomic mass is 16.5. The van der Waals surface area contributed by atoms with Crippen LogP contribution in [0.1, 0.15) is 17.3 Å². The van der Waals surface area contributed by atoms with Gasteiger partial charge < -0.3 is 9.72 Å². The number of rotatable bonds is 3. The van der Waals surface area contributed by atoms with Crippen LogP contribution in [0.2, 0.25) is 0 Å². The van der Waals surface area contributed by atoms with Crippen molar-refractivity contribution in [3.63, 3.8) is 0 Å². The summed E-state index contributed by atoms with van der Waals surface area (Å²) in [6, 6.07) is 12.2. The molecule has 22 heavy (non-hydrogen) atoms. The molecule has 7 heteroatoms. The van der Waals surface area contributed by atoms with E-state index in [-0.39, 0.29) is 12.2 Å². The van der Waals surface area contributed by atoms with Crippen molar-refractivity contribution in [3.05, 3.63) is 58.4 Å². The van der Waals surface area contributed by atoms with E-state index < -0.39 is 17.6 Å². The number of aromatic nitrogens is 1. The molecule has 0 aliphatic carbocycles. The van der Waals surface area contributed by atoms with Crippen LogP contribution in [-0.4, -0.2) is 23.6 Å². The fourth-order valence-corrected chi connectivity index (χ4v) is 1.78. The smallest absolute Gasteiger partial charge is 0.426 e. The predicted molar refractivity (Wildman–Crippen MR) is 80.1 cm³/mol. The minimum Gasteiger partial charge on any atom is -0.449 e. The molecule has 0 spiro atoms. The molecule has 7 nitrogen and oxygen atoms in total. The maximum atomic E-state index is 12.0. The van der Waals surface area contributed by atoms with Gasteiger partial charge in [-0.25, -0.2) is 10.2 Å². The number of carbonyl (C=O) groups is 2. The van der Waals surface area contributed by atoms with E-state index in [4.69, 9.17) is 0 Å². The number of hydrazine groups is 1. The number of hydrogen-bond acceptors (Lipinski definition) is 4. The molecule has 0 fully saturated rings. The van der Waals surface area contributed by atoms with Crippen molar-refractivity contribution in [2.75, 3.05) is 6.61 Å². The van der Waals surface area contributed by atoms with E-state index >= 15 is 0 Å². The second kappa shape index (κ2) is 7.07. The second-order valence-electron chi connectivity index (χ2n) is 4.28. The summed E-state index contributed by atoms with van der Waals surface area (Å²) >= 11 is 0. The Bertz CT molecular complexity index is 725. The standard InChI is InChI=1S/C15H15N3O4/c1-2-22-15(21)18-17-14(20)11-8-9-12(16-13(11)19)10-6-4-3-5-7-10/h3-9H,2H2,1H3,(H,16,19)(H,17,20)(H,18,21). The number of pyridine rings is 1. The van der Waals surface area contributed by atoms with Gasteiger partial charge in [-0.3, -0.25) is 15.0 Å². The van der Waals surface area contributed by atoms with Gasteiger partial charge in [0.25, 0.3) is 11.5 Å². The van der Waals surface area contributed by atoms with Gasteiger partial charge >= 0.3 is 6.09 Å². The summed E-state index contributed by atoms with van der Waals surface area (Å²) in [6.45, 7) is 1.81. The number of amides is 2. The van der Waals surface area contributed by atoms with Crippen LogP contribution < -0.4 is 16.4 Å². The molecular formula is C15H15N3O4. The molecule has 1 heterocycles. The highest BCUT2D eigenvalue weighted by Gasteiger charge is 2.12. The topological polar surface area (TPSA) is 100 Å². The van der Waals surface area contributed by atoms with Gasteiger partial charge in [0.15, 0.2) is 0 Å². The van der Waals surface area contributed by atoms with E-state index in [9.17, 15) is 14.4 Å². The number of hydrogen-bond donors (Lipinski definition) is 3. The lowest BCUT2D eigenvalue weighted by Gasteiger charge is -2.07. The summed E-state index contributed by atoms with van der Waals surface area (Å²) in [6.07, 6.45) is -0.798. The van der Waals surface area contributed by atoms with Gasteiger partial charge in [0.1, 0.15) is 5.56 Å². The molecule has 0 bridgehead atoms. The summed E-state index contributed by atoms with van der Waals surface area (Å²) in [4.78, 5) is 37.5. The van der Waals surface area contributed by atoms with E-state index in [1.165, 1.54) is 6.07 Å². The minimum absolute atomic E-state index is 0.114. The monoisotopic (exact) mass is 301 g/mol. The van der Waals surface area contributed by atoms with Crippen molar-refractivity contribution < 1.29 is 14.3 Å². The first-order valence-electron chi connectivity index (χ1n) is 6.63. The van der Waals surface area contributed by atoms with Gasteiger partial charge in [-0.1, -0.05) is 30.3 Å². The lowest BCUT2D eigenvalue weighted by atomic mass is 10.1. The van der Waals surface area contributed by atoms with Gasteiger partial charge in [-0.15, -0.1) is 0 Å². The van der Waals surface area contributed by atoms with Crippen LogP contribution in [0.5, 0.6) is 0 Å². The third kappa shape index (κ3) is 3.72. The molecule has 2 amide bonds. The van der Waals surface area contributed by atoms with Gasteiger partial charge in [0, 0.05) is 5.69 Å². The molecule has 2 rings (SSSR count). The van der Waals surface area contributed by atoms with Crippen molar-refractivity contribution in [1.82, 2.24) is 15.8 Å². The van der Waals surface area contributed by atoms with E-state index in [0.29, 0.717) is 5.69 Å². The largest absolute Gasteiger partial charge is 0.449 e. The van der Waals surface area contributed by atoms with Gasteiger partial charge in [0.05, 0.1) is 6.61 Å². The molecule has 114 valence electrons. The molecular weight excluding hydrogens is 286 g/mol. The molecule has 1 aromatic heterocycles. The number of benzene rings is 1. The van der Waals surface area contributed by atoms with E-state index in [2.05, 4.69) is 15.1 Å². The molecule has 0 aliphatic rings. The molecule has 0 saturated heterocycles. The van der Waals surface area contributed by atoms with Crippen molar-refractivity contribution in [1.29, 1.82) is 0 Å². The van der Waals surface area contributed by atoms with Crippen LogP contribution in [0.25, 0.3) is 11.3 Å². The number of aromatic amines is 1. The molecule has 0 saturated carbocycles. The third-order valence-corrected chi connectivity index (χ3v) is 2.79. The van der Waals surface area contributed by atoms with Crippen molar-refractivity contribution in [3.8, 4) is 11.3 Å². The van der Waals surface area contributed by atoms with Crippen LogP contribution in [0.15, 0.2) is 47.3 Å². The van der Waals surface area contributed by atoms with Crippen LogP contribution in [-0.2, 0) is 4.74 Å². The molecule has 3 N–H and O–H groups in total. The third-order valence-electron chi connectivity index (χ3n) is 2.79. The molecule has 1 aromatic carbocycles. The van der Waals surface area contributed by atoms with Crippen LogP contribution in [0.3, 0.4) is 0 Å². The average Bonchev–Trinajstić information content (AvgIpc) is 2.53. The number of nitrogens with one attached hydrogen (secondary N) is 3. The van der Waals surface area contributed by atoms with Crippen molar-refractivity contribution >= 4 is 12.0 Å². The molecule has 0 aliphatic heterocycles. The Hall–Kier alpha value is -3.09. The SMILES string of the molecule is CCOC(=O)NNC(=O)c1ccc(-c2ccccc2)[nH]c1=O. The van der Waals surface area contributed by atoms with Crippen molar-refractivity contribution in [2.24, 2.45) is 0 Å². The Morgan fingerprint density at radius 1 is 1.09 bits per heavy atom. The van der Waals surface area contributed by atoms with Gasteiger partial charge in [-0.05, 0) is 24.6 Å². The lowest BCUT2D eigenvalue weighted by Crippen LogP contribution is -2.43. The Balaban J connectivity index is 2.11. The van der Waals surface area contributed by atoms with Crippen LogP contribution >= 0.6 is 0 Å². The number of carbonyl (C=O) groups excluding carboxylic acids is 2. The maximum Gasteiger partial charge on any atom is 0.426 e. The first-order valence-corrected chi connectivity index (χ1v) is 6.63. The highest BCUT2D eigenvalue weighted by Crippen LogP contribution is 2.14. The Morgan fingerprint density at radius 3 is 2.45 bits per heavy atom. The van der Waals surface area contributed by atoms with Crippen LogP contribution in [0.4, 0.5) is 4.79 Å². The molecule has 2 aromatic rings. The van der Waals surface area contributed by atoms with E-state index in [1.54, 1.807) is 13.0 Å². The zero-order valence-electron chi connectivity index (χ0n) is 11.9. The first kappa shape index (κ1) is 15.3. The number of ether oxygens (including phenoxy) is 1. The molecule has 0 atom stereocenters. The Morgan fingerprint density at radius 2 is 1.82 bits per heavy atom. The summed E-state index contributed by atoms with van der Waals surface area (Å²) in [5, 5.41) is 0. The van der Waals surface area contributed by atoms with Gasteiger partial charge in [0.2, 0.25) is 0 Å². The fourth-order valence-electron chi connectivity index (χ4n) is 1.78. The maximum absolute atomic E-state index is 12.0. The van der Waals surface area contributed by atoms with Crippen molar-refractivity contribution in [2.45, 2.75) is 6.92 Å². The second-order valence-corrected chi connectivity index (χ2v) is 4.28. The lowest BCUT2D eigenvalue weighted by molar-refractivity contribution is 0.0911. The van der Waals surface area contributed by atoms with E-state index in [1.807, 2.05) is 35.8 Å². The minimum atomic E-state index is -0.798. The molecule has 0 unspecified atom stereocenters. The Kier molecular flexibility index (Phi) is 4.92. The first-order chi connectivity index (χ1) is 10.6. The summed E-state index contributed by atoms with van der Waals surface area (Å²) in [5.74, 6) is -0.728. The summed E-state index contributed by atoms with van der Waals surface area (Å²) < 4.78 is 4.58. The van der Waals surface area contributed by atoms with Gasteiger partial charge in [-0.2, -0.15) is 0 Å². The Labute approximate surface area is 126 Å². The summed E-state index contributed by atoms with van der Waals surface area (Å²) in [7, 11) is 0. The molecule has 0 radical (unpaired) electrons. The predicted octanol–water partition coefficient (Wildman–Crippen LogP) is 1.43. The number of H-pyrrole nitrogens is 1. The fraction of sp³-hybridized carbons (Fsp3) is 0.133. The summed E-state index contributed by atoms with van der Waals surface area (Å²) in [5.41, 5.74) is 4.90. The highest BCUT2D eigenvalue weighted by molar-refractivity contribution is 5.94. The zero-order chi connectivity index (χ0) is 15.9. The van der Waals surface area contributed by atoms with E-state index in [0.717, 1.165) is 5.56 Å². The zero-order valence-corrected chi connectivity index (χ0v) is 11.9. The quantitative estimate of drug-likeness (QED) is 0.747. The van der Waals surface area contributed by atoms with Crippen LogP contribution in [0, 0.1) is 0 Å². The normalized spacial score (nSPS) is 9.86.